The minimum Gasteiger partial charge on any atom is -0.325 e. The highest BCUT2D eigenvalue weighted by Crippen LogP contribution is 2.16. The molecule has 24 heavy (non-hydrogen) atoms. The predicted octanol–water partition coefficient (Wildman–Crippen LogP) is 3.11. The fourth-order valence-electron chi connectivity index (χ4n) is 1.71. The average molecular weight is 344 g/mol. The monoisotopic (exact) mass is 344 g/mol. The van der Waals surface area contributed by atoms with Crippen molar-refractivity contribution in [2.75, 3.05) is 16.4 Å². The van der Waals surface area contributed by atoms with Crippen molar-refractivity contribution in [1.82, 2.24) is 10.2 Å². The minimum atomic E-state index is -0.119. The van der Waals surface area contributed by atoms with Crippen LogP contribution in [0.3, 0.4) is 0 Å². The van der Waals surface area contributed by atoms with Gasteiger partial charge in [0.15, 0.2) is 5.82 Å². The van der Waals surface area contributed by atoms with Gasteiger partial charge >= 0.3 is 0 Å². The fraction of sp³-hybridized carbons (Fsp3) is 0.294. The number of carbonyl (C=O) groups is 2. The van der Waals surface area contributed by atoms with E-state index in [2.05, 4.69) is 20.8 Å². The van der Waals surface area contributed by atoms with Crippen molar-refractivity contribution in [2.24, 2.45) is 5.92 Å². The van der Waals surface area contributed by atoms with E-state index in [1.807, 2.05) is 31.2 Å². The normalized spacial score (nSPS) is 10.5. The van der Waals surface area contributed by atoms with Gasteiger partial charge in [-0.25, -0.2) is 0 Å². The molecule has 2 N–H and O–H groups in total. The number of amides is 2. The summed E-state index contributed by atoms with van der Waals surface area (Å²) in [6.07, 6.45) is 0. The molecule has 0 aliphatic carbocycles. The van der Waals surface area contributed by atoms with E-state index in [9.17, 15) is 9.59 Å². The van der Waals surface area contributed by atoms with Crippen LogP contribution in [0.2, 0.25) is 0 Å². The topological polar surface area (TPSA) is 84.0 Å². The van der Waals surface area contributed by atoms with Gasteiger partial charge in [0.2, 0.25) is 11.8 Å². The highest BCUT2D eigenvalue weighted by molar-refractivity contribution is 7.99. The number of carbonyl (C=O) groups excluding carboxylic acids is 2. The Kier molecular flexibility index (Phi) is 6.31. The second-order valence-electron chi connectivity index (χ2n) is 5.60. The van der Waals surface area contributed by atoms with Crippen LogP contribution in [0.5, 0.6) is 0 Å². The summed E-state index contributed by atoms with van der Waals surface area (Å²) in [5.74, 6) is 0.304. The quantitative estimate of drug-likeness (QED) is 0.787. The summed E-state index contributed by atoms with van der Waals surface area (Å²) < 4.78 is 0. The van der Waals surface area contributed by atoms with Crippen LogP contribution in [0.4, 0.5) is 11.5 Å². The van der Waals surface area contributed by atoms with E-state index in [0.29, 0.717) is 10.8 Å². The predicted molar refractivity (Wildman–Crippen MR) is 96.0 cm³/mol. The summed E-state index contributed by atoms with van der Waals surface area (Å²) in [4.78, 5) is 23.5. The van der Waals surface area contributed by atoms with Crippen LogP contribution in [0.1, 0.15) is 19.4 Å². The molecule has 1 aromatic heterocycles. The summed E-state index contributed by atoms with van der Waals surface area (Å²) in [5.41, 5.74) is 1.91. The molecule has 2 aromatic rings. The number of rotatable bonds is 6. The summed E-state index contributed by atoms with van der Waals surface area (Å²) in [6.45, 7) is 5.60. The van der Waals surface area contributed by atoms with E-state index in [4.69, 9.17) is 0 Å². The number of nitrogens with zero attached hydrogens (tertiary/aromatic N) is 2. The SMILES string of the molecule is Cc1ccc(NC(=O)CSc2ccc(NC(=O)C(C)C)nn2)cc1. The molecular weight excluding hydrogens is 324 g/mol. The molecule has 0 spiro atoms. The number of thioether (sulfide) groups is 1. The maximum atomic E-state index is 11.9. The third kappa shape index (κ3) is 5.66. The van der Waals surface area contributed by atoms with Crippen molar-refractivity contribution < 1.29 is 9.59 Å². The van der Waals surface area contributed by atoms with Gasteiger partial charge in [-0.1, -0.05) is 43.3 Å². The van der Waals surface area contributed by atoms with Crippen molar-refractivity contribution in [3.05, 3.63) is 42.0 Å². The Hall–Kier alpha value is -2.41. The van der Waals surface area contributed by atoms with E-state index >= 15 is 0 Å². The standard InChI is InChI=1S/C17H20N4O2S/c1-11(2)17(23)19-14-8-9-16(21-20-14)24-10-15(22)18-13-6-4-12(3)5-7-13/h4-9,11H,10H2,1-3H3,(H,18,22)(H,19,20,23). The largest absolute Gasteiger partial charge is 0.325 e. The maximum Gasteiger partial charge on any atom is 0.234 e. The molecule has 0 radical (unpaired) electrons. The maximum absolute atomic E-state index is 11.9. The zero-order valence-corrected chi connectivity index (χ0v) is 14.7. The lowest BCUT2D eigenvalue weighted by Gasteiger charge is -2.07. The Bertz CT molecular complexity index is 700. The van der Waals surface area contributed by atoms with Gasteiger partial charge in [0.05, 0.1) is 5.75 Å². The number of hydrogen-bond donors (Lipinski definition) is 2. The van der Waals surface area contributed by atoms with Crippen molar-refractivity contribution in [3.8, 4) is 0 Å². The lowest BCUT2D eigenvalue weighted by Crippen LogP contribution is -2.18. The van der Waals surface area contributed by atoms with Crippen molar-refractivity contribution in [1.29, 1.82) is 0 Å². The first-order valence-corrected chi connectivity index (χ1v) is 8.56. The average Bonchev–Trinajstić information content (AvgIpc) is 2.56. The smallest absolute Gasteiger partial charge is 0.234 e. The van der Waals surface area contributed by atoms with E-state index in [1.165, 1.54) is 11.8 Å². The zero-order valence-electron chi connectivity index (χ0n) is 13.9. The van der Waals surface area contributed by atoms with Gasteiger partial charge < -0.3 is 10.6 Å². The highest BCUT2D eigenvalue weighted by Gasteiger charge is 2.09. The summed E-state index contributed by atoms with van der Waals surface area (Å²) in [6, 6.07) is 11.0. The number of nitrogens with one attached hydrogen (secondary N) is 2. The second kappa shape index (κ2) is 8.44. The first-order chi connectivity index (χ1) is 11.4. The molecule has 0 unspecified atom stereocenters. The summed E-state index contributed by atoms with van der Waals surface area (Å²) in [5, 5.41) is 14.1. The number of hydrogen-bond acceptors (Lipinski definition) is 5. The second-order valence-corrected chi connectivity index (χ2v) is 6.60. The van der Waals surface area contributed by atoms with Gasteiger partial charge in [0.1, 0.15) is 5.03 Å². The molecular formula is C17H20N4O2S. The molecule has 126 valence electrons. The first-order valence-electron chi connectivity index (χ1n) is 7.58. The molecule has 0 fully saturated rings. The Morgan fingerprint density at radius 2 is 1.75 bits per heavy atom. The van der Waals surface area contributed by atoms with E-state index in [1.54, 1.807) is 26.0 Å². The molecule has 0 bridgehead atoms. The molecule has 0 atom stereocenters. The molecule has 0 aliphatic rings. The van der Waals surface area contributed by atoms with Gasteiger partial charge in [-0.05, 0) is 31.2 Å². The van der Waals surface area contributed by atoms with Crippen LogP contribution in [0.25, 0.3) is 0 Å². The van der Waals surface area contributed by atoms with Gasteiger partial charge in [-0.2, -0.15) is 0 Å². The summed E-state index contributed by atoms with van der Waals surface area (Å²) >= 11 is 1.29. The third-order valence-corrected chi connectivity index (χ3v) is 4.02. The summed E-state index contributed by atoms with van der Waals surface area (Å²) in [7, 11) is 0. The van der Waals surface area contributed by atoms with Gasteiger partial charge in [-0.3, -0.25) is 9.59 Å². The van der Waals surface area contributed by atoms with Crippen molar-refractivity contribution >= 4 is 35.1 Å². The van der Waals surface area contributed by atoms with Gasteiger partial charge in [0, 0.05) is 11.6 Å². The fourth-order valence-corrected chi connectivity index (χ4v) is 2.32. The van der Waals surface area contributed by atoms with Crippen molar-refractivity contribution in [3.63, 3.8) is 0 Å². The Morgan fingerprint density at radius 1 is 1.04 bits per heavy atom. The Balaban J connectivity index is 1.82. The lowest BCUT2D eigenvalue weighted by molar-refractivity contribution is -0.119. The van der Waals surface area contributed by atoms with Crippen LogP contribution < -0.4 is 10.6 Å². The molecule has 7 heteroatoms. The molecule has 1 heterocycles. The van der Waals surface area contributed by atoms with Gasteiger partial charge in [-0.15, -0.1) is 10.2 Å². The molecule has 0 saturated carbocycles. The number of benzene rings is 1. The first kappa shape index (κ1) is 17.9. The van der Waals surface area contributed by atoms with Crippen LogP contribution in [0, 0.1) is 12.8 Å². The Labute approximate surface area is 145 Å². The third-order valence-electron chi connectivity index (χ3n) is 3.10. The number of aromatic nitrogens is 2. The van der Waals surface area contributed by atoms with Crippen molar-refractivity contribution in [2.45, 2.75) is 25.8 Å². The van der Waals surface area contributed by atoms with E-state index in [0.717, 1.165) is 11.3 Å². The van der Waals surface area contributed by atoms with E-state index in [-0.39, 0.29) is 23.5 Å². The van der Waals surface area contributed by atoms with Crippen LogP contribution in [-0.2, 0) is 9.59 Å². The highest BCUT2D eigenvalue weighted by atomic mass is 32.2. The van der Waals surface area contributed by atoms with Crippen LogP contribution in [0.15, 0.2) is 41.4 Å². The Morgan fingerprint density at radius 3 is 2.33 bits per heavy atom. The van der Waals surface area contributed by atoms with Crippen LogP contribution in [-0.4, -0.2) is 27.8 Å². The van der Waals surface area contributed by atoms with E-state index < -0.39 is 0 Å². The molecule has 2 amide bonds. The van der Waals surface area contributed by atoms with Gasteiger partial charge in [0.25, 0.3) is 0 Å². The molecule has 0 aliphatic heterocycles. The molecule has 0 saturated heterocycles. The number of aryl methyl sites for hydroxylation is 1. The van der Waals surface area contributed by atoms with Crippen LogP contribution >= 0.6 is 11.8 Å². The number of anilines is 2. The molecule has 6 nitrogen and oxygen atoms in total. The minimum absolute atomic E-state index is 0.108. The molecule has 1 aromatic carbocycles. The molecule has 2 rings (SSSR count). The lowest BCUT2D eigenvalue weighted by atomic mass is 10.2. The zero-order chi connectivity index (χ0) is 17.5.